The van der Waals surface area contributed by atoms with Gasteiger partial charge in [-0.25, -0.2) is 4.98 Å². The molecule has 1 aromatic carbocycles. The molecule has 0 aliphatic carbocycles. The van der Waals surface area contributed by atoms with Gasteiger partial charge in [-0.15, -0.1) is 0 Å². The van der Waals surface area contributed by atoms with Gasteiger partial charge in [0, 0.05) is 12.3 Å². The molecule has 0 amide bonds. The maximum Gasteiger partial charge on any atom is 0.219 e. The minimum atomic E-state index is 0.605. The molecule has 1 heterocycles. The van der Waals surface area contributed by atoms with Crippen molar-refractivity contribution in [2.75, 3.05) is 0 Å². The zero-order valence-electron chi connectivity index (χ0n) is 6.97. The second-order valence-corrected chi connectivity index (χ2v) is 2.51. The lowest BCUT2D eigenvalue weighted by molar-refractivity contribution is 0.463. The second kappa shape index (κ2) is 3.72. The monoisotopic (exact) mass is 170 g/mol. The third-order valence-corrected chi connectivity index (χ3v) is 1.55. The Labute approximate surface area is 76.8 Å². The average molecular weight is 170 g/mol. The van der Waals surface area contributed by atoms with E-state index in [2.05, 4.69) is 11.1 Å². The molecule has 0 saturated heterocycles. The first-order valence-electron chi connectivity index (χ1n) is 4.00. The van der Waals surface area contributed by atoms with Crippen molar-refractivity contribution >= 4 is 0 Å². The van der Waals surface area contributed by atoms with Crippen molar-refractivity contribution in [2.45, 2.75) is 0 Å². The van der Waals surface area contributed by atoms with E-state index in [-0.39, 0.29) is 0 Å². The number of aromatic nitrogens is 1. The fraction of sp³-hybridized carbons (Fsp3) is 0. The van der Waals surface area contributed by atoms with Crippen molar-refractivity contribution in [1.82, 2.24) is 4.98 Å². The zero-order chi connectivity index (χ0) is 8.93. The van der Waals surface area contributed by atoms with E-state index in [4.69, 9.17) is 4.74 Å². The highest BCUT2D eigenvalue weighted by atomic mass is 16.5. The van der Waals surface area contributed by atoms with Crippen LogP contribution in [0.3, 0.4) is 0 Å². The van der Waals surface area contributed by atoms with Crippen LogP contribution in [-0.2, 0) is 0 Å². The van der Waals surface area contributed by atoms with Crippen molar-refractivity contribution in [3.63, 3.8) is 0 Å². The summed E-state index contributed by atoms with van der Waals surface area (Å²) in [5.74, 6) is 1.38. The van der Waals surface area contributed by atoms with Gasteiger partial charge in [0.1, 0.15) is 5.75 Å². The maximum absolute atomic E-state index is 5.45. The van der Waals surface area contributed by atoms with Crippen LogP contribution < -0.4 is 4.74 Å². The van der Waals surface area contributed by atoms with Crippen molar-refractivity contribution in [3.8, 4) is 11.6 Å². The fourth-order valence-corrected chi connectivity index (χ4v) is 0.968. The molecule has 0 aliphatic heterocycles. The molecule has 0 unspecified atom stereocenters. The highest BCUT2D eigenvalue weighted by Gasteiger charge is 1.94. The molecule has 0 fully saturated rings. The topological polar surface area (TPSA) is 22.1 Å². The Bertz CT molecular complexity index is 321. The van der Waals surface area contributed by atoms with Gasteiger partial charge in [-0.2, -0.15) is 0 Å². The van der Waals surface area contributed by atoms with Crippen LogP contribution in [0.2, 0.25) is 0 Å². The Morgan fingerprint density at radius 2 is 1.92 bits per heavy atom. The van der Waals surface area contributed by atoms with Crippen LogP contribution in [-0.4, -0.2) is 4.98 Å². The van der Waals surface area contributed by atoms with Crippen molar-refractivity contribution < 1.29 is 4.74 Å². The predicted octanol–water partition coefficient (Wildman–Crippen LogP) is 2.67. The van der Waals surface area contributed by atoms with E-state index in [1.54, 1.807) is 18.3 Å². The van der Waals surface area contributed by atoms with E-state index in [1.807, 2.05) is 30.3 Å². The molecule has 63 valence electrons. The van der Waals surface area contributed by atoms with Crippen LogP contribution in [0.5, 0.6) is 11.6 Å². The number of hydrogen-bond acceptors (Lipinski definition) is 2. The summed E-state index contributed by atoms with van der Waals surface area (Å²) in [5.41, 5.74) is 0. The molecule has 0 bridgehead atoms. The second-order valence-electron chi connectivity index (χ2n) is 2.51. The first-order chi connectivity index (χ1) is 6.45. The summed E-state index contributed by atoms with van der Waals surface area (Å²) in [7, 11) is 0. The number of ether oxygens (including phenoxy) is 1. The number of rotatable bonds is 2. The van der Waals surface area contributed by atoms with E-state index in [9.17, 15) is 0 Å². The van der Waals surface area contributed by atoms with E-state index in [0.29, 0.717) is 5.88 Å². The Hall–Kier alpha value is -1.83. The summed E-state index contributed by atoms with van der Waals surface area (Å²) in [6.45, 7) is 0. The van der Waals surface area contributed by atoms with Gasteiger partial charge < -0.3 is 4.74 Å². The molecule has 0 N–H and O–H groups in total. The highest BCUT2D eigenvalue weighted by molar-refractivity contribution is 5.25. The Morgan fingerprint density at radius 1 is 1.08 bits per heavy atom. The molecule has 2 aromatic rings. The Morgan fingerprint density at radius 3 is 2.62 bits per heavy atom. The summed E-state index contributed by atoms with van der Waals surface area (Å²) in [6.07, 6.45) is 1.70. The smallest absolute Gasteiger partial charge is 0.219 e. The van der Waals surface area contributed by atoms with E-state index in [0.717, 1.165) is 5.75 Å². The number of benzene rings is 1. The maximum atomic E-state index is 5.45. The largest absolute Gasteiger partial charge is 0.439 e. The van der Waals surface area contributed by atoms with Gasteiger partial charge in [0.05, 0.1) is 0 Å². The third-order valence-electron chi connectivity index (χ3n) is 1.55. The lowest BCUT2D eigenvalue weighted by atomic mass is 10.3. The van der Waals surface area contributed by atoms with Crippen LogP contribution in [0.25, 0.3) is 0 Å². The average Bonchev–Trinajstić information content (AvgIpc) is 2.21. The summed E-state index contributed by atoms with van der Waals surface area (Å²) < 4.78 is 5.45. The molecule has 0 saturated carbocycles. The Kier molecular flexibility index (Phi) is 2.23. The first-order valence-corrected chi connectivity index (χ1v) is 4.00. The van der Waals surface area contributed by atoms with Crippen molar-refractivity contribution in [1.29, 1.82) is 0 Å². The summed E-state index contributed by atoms with van der Waals surface area (Å²) in [6, 6.07) is 15.8. The highest BCUT2D eigenvalue weighted by Crippen LogP contribution is 2.16. The van der Waals surface area contributed by atoms with Gasteiger partial charge in [0.2, 0.25) is 5.88 Å². The zero-order valence-corrected chi connectivity index (χ0v) is 6.97. The number of hydrogen-bond donors (Lipinski definition) is 0. The van der Waals surface area contributed by atoms with E-state index >= 15 is 0 Å². The van der Waals surface area contributed by atoms with Crippen molar-refractivity contribution in [3.05, 3.63) is 54.7 Å². The molecule has 13 heavy (non-hydrogen) atoms. The van der Waals surface area contributed by atoms with Gasteiger partial charge in [-0.3, -0.25) is 0 Å². The summed E-state index contributed by atoms with van der Waals surface area (Å²) >= 11 is 0. The fourth-order valence-electron chi connectivity index (χ4n) is 0.968. The van der Waals surface area contributed by atoms with E-state index < -0.39 is 0 Å². The van der Waals surface area contributed by atoms with Crippen LogP contribution in [0.15, 0.2) is 48.7 Å². The quantitative estimate of drug-likeness (QED) is 0.691. The predicted molar refractivity (Wildman–Crippen MR) is 49.6 cm³/mol. The van der Waals surface area contributed by atoms with Crippen LogP contribution in [0.1, 0.15) is 0 Å². The van der Waals surface area contributed by atoms with Crippen LogP contribution in [0, 0.1) is 6.07 Å². The summed E-state index contributed by atoms with van der Waals surface area (Å²) in [5, 5.41) is 0. The third kappa shape index (κ3) is 2.06. The molecule has 0 spiro atoms. The molecule has 0 aliphatic rings. The molecule has 1 aromatic heterocycles. The molecular weight excluding hydrogens is 162 g/mol. The van der Waals surface area contributed by atoms with Gasteiger partial charge in [-0.1, -0.05) is 18.2 Å². The van der Waals surface area contributed by atoms with Crippen LogP contribution in [0.4, 0.5) is 0 Å². The lowest BCUT2D eigenvalue weighted by Crippen LogP contribution is -1.85. The Balaban J connectivity index is 2.16. The first kappa shape index (κ1) is 7.80. The van der Waals surface area contributed by atoms with Crippen LogP contribution >= 0.6 is 0 Å². The lowest BCUT2D eigenvalue weighted by Gasteiger charge is -2.02. The van der Waals surface area contributed by atoms with Gasteiger partial charge in [0.25, 0.3) is 0 Å². The normalized spacial score (nSPS) is 9.54. The van der Waals surface area contributed by atoms with Crippen molar-refractivity contribution in [2.24, 2.45) is 0 Å². The molecule has 2 rings (SSSR count). The minimum Gasteiger partial charge on any atom is -0.439 e. The molecule has 2 nitrogen and oxygen atoms in total. The van der Waals surface area contributed by atoms with E-state index in [1.165, 1.54) is 0 Å². The standard InChI is InChI=1S/C11H8NO/c1-2-6-10(7-3-1)13-11-8-4-5-9-12-11/h2-9H. The number of nitrogens with zero attached hydrogens (tertiary/aromatic N) is 1. The summed E-state index contributed by atoms with van der Waals surface area (Å²) in [4.78, 5) is 4.04. The number of pyridine rings is 1. The van der Waals surface area contributed by atoms with Gasteiger partial charge in [-0.05, 0) is 24.3 Å². The minimum absolute atomic E-state index is 0.605. The molecule has 2 heteroatoms. The molecular formula is C11H8NO. The molecule has 1 radical (unpaired) electrons. The molecule has 0 atom stereocenters. The van der Waals surface area contributed by atoms with Gasteiger partial charge >= 0.3 is 0 Å². The van der Waals surface area contributed by atoms with Gasteiger partial charge in [0.15, 0.2) is 0 Å². The SMILES string of the molecule is [c]1ccc(Oc2ccccn2)cc1.